The quantitative estimate of drug-likeness (QED) is 0.294. The van der Waals surface area contributed by atoms with Crippen molar-refractivity contribution in [3.05, 3.63) is 46.3 Å². The van der Waals surface area contributed by atoms with Crippen LogP contribution in [-0.4, -0.2) is 101 Å². The van der Waals surface area contributed by atoms with Crippen LogP contribution in [-0.2, 0) is 36.7 Å². The second-order valence-electron chi connectivity index (χ2n) is 10.7. The first-order valence-electron chi connectivity index (χ1n) is 13.5. The molecular formula is C23H20B2F3N5O11P2. The highest BCUT2D eigenvalue weighted by atomic mass is 31.2. The number of ketones is 1. The van der Waals surface area contributed by atoms with E-state index in [1.165, 1.54) is 6.21 Å². The number of aliphatic imine (C=N–C) groups is 1. The third kappa shape index (κ3) is 5.37. The SMILES string of the molecule is [B]P1(=O)OC[C@H]2O[C@@H](n3cc(F)c4c(=O)[nH]cnc43)C(F)[C@H]2OP([B])(=O)OC[C@H]2O[C@@H](n3cc(F)c4c3N=CCC4=O)[C@@H](O)C2O1. The lowest BCUT2D eigenvalue weighted by atomic mass is 10.1. The zero-order valence-corrected chi connectivity index (χ0v) is 24.8. The third-order valence-corrected chi connectivity index (χ3v) is 9.89. The number of nitrogens with zero attached hydrogens (tertiary/aromatic N) is 4. The lowest BCUT2D eigenvalue weighted by molar-refractivity contribution is -0.0562. The van der Waals surface area contributed by atoms with Gasteiger partial charge in [0.25, 0.3) is 20.5 Å². The molecule has 4 radical (unpaired) electrons. The van der Waals surface area contributed by atoms with Gasteiger partial charge in [0, 0.05) is 25.0 Å². The third-order valence-electron chi connectivity index (χ3n) is 7.80. The number of carbonyl (C=O) groups excluding carboxylic acids is 1. The number of hydrogen-bond donors (Lipinski definition) is 2. The predicted molar refractivity (Wildman–Crippen MR) is 149 cm³/mol. The van der Waals surface area contributed by atoms with Gasteiger partial charge in [-0.25, -0.2) is 23.1 Å². The van der Waals surface area contributed by atoms with Crippen LogP contribution < -0.4 is 5.56 Å². The molecule has 3 fully saturated rings. The van der Waals surface area contributed by atoms with E-state index in [9.17, 15) is 32.6 Å². The predicted octanol–water partition coefficient (Wildman–Crippen LogP) is 1.66. The molecule has 0 bridgehead atoms. The first-order valence-corrected chi connectivity index (χ1v) is 16.7. The Morgan fingerprint density at radius 1 is 0.957 bits per heavy atom. The minimum atomic E-state index is -4.71. The van der Waals surface area contributed by atoms with Gasteiger partial charge < -0.3 is 42.2 Å². The van der Waals surface area contributed by atoms with E-state index in [1.807, 2.05) is 0 Å². The van der Waals surface area contributed by atoms with Gasteiger partial charge in [-0.15, -0.1) is 0 Å². The van der Waals surface area contributed by atoms with Crippen molar-refractivity contribution in [2.24, 2.45) is 4.99 Å². The van der Waals surface area contributed by atoms with Crippen LogP contribution in [0.25, 0.3) is 11.0 Å². The van der Waals surface area contributed by atoms with E-state index in [-0.39, 0.29) is 23.4 Å². The number of Topliss-reactive ketones (excluding diaryl/α,β-unsaturated/α-hetero) is 1. The molecular weight excluding hydrogens is 663 g/mol. The number of aliphatic hydroxyl groups is 1. The number of aliphatic hydroxyl groups excluding tert-OH is 1. The molecule has 3 aromatic heterocycles. The second-order valence-corrected chi connectivity index (χ2v) is 13.8. The summed E-state index contributed by atoms with van der Waals surface area (Å²) in [7, 11) is 2.19. The summed E-state index contributed by atoms with van der Waals surface area (Å²) >= 11 is 0. The van der Waals surface area contributed by atoms with Gasteiger partial charge in [-0.1, -0.05) is 0 Å². The van der Waals surface area contributed by atoms with Gasteiger partial charge in [0.2, 0.25) is 15.1 Å². The summed E-state index contributed by atoms with van der Waals surface area (Å²) in [4.78, 5) is 34.5. The Balaban J connectivity index is 1.17. The van der Waals surface area contributed by atoms with Crippen molar-refractivity contribution >= 4 is 58.9 Å². The van der Waals surface area contributed by atoms with E-state index in [0.29, 0.717) is 0 Å². The fourth-order valence-corrected chi connectivity index (χ4v) is 7.80. The number of alkyl halides is 1. The molecule has 0 aliphatic carbocycles. The van der Waals surface area contributed by atoms with E-state index < -0.39 is 106 Å². The number of nitrogens with one attached hydrogen (secondary N) is 1. The zero-order chi connectivity index (χ0) is 32.7. The molecule has 46 heavy (non-hydrogen) atoms. The van der Waals surface area contributed by atoms with Crippen LogP contribution in [0.1, 0.15) is 29.2 Å². The molecule has 0 saturated carbocycles. The molecule has 4 aliphatic heterocycles. The number of H-pyrrole nitrogens is 1. The zero-order valence-electron chi connectivity index (χ0n) is 23.1. The molecule has 16 nitrogen and oxygen atoms in total. The Morgan fingerprint density at radius 2 is 1.59 bits per heavy atom. The van der Waals surface area contributed by atoms with Gasteiger partial charge in [-0.3, -0.25) is 23.3 Å². The average Bonchev–Trinajstić information content (AvgIpc) is 3.69. The minimum absolute atomic E-state index is 0.147. The van der Waals surface area contributed by atoms with Crippen LogP contribution in [0.2, 0.25) is 0 Å². The summed E-state index contributed by atoms with van der Waals surface area (Å²) in [6, 6.07) is 0. The number of hydrogen-bond acceptors (Lipinski definition) is 13. The highest BCUT2D eigenvalue weighted by Gasteiger charge is 2.53. The molecule has 240 valence electrons. The number of fused-ring (bicyclic) bond motifs is 4. The van der Waals surface area contributed by atoms with Crippen LogP contribution in [0.3, 0.4) is 0 Å². The molecule has 7 heterocycles. The largest absolute Gasteiger partial charge is 0.386 e. The van der Waals surface area contributed by atoms with E-state index in [4.69, 9.17) is 42.7 Å². The van der Waals surface area contributed by atoms with E-state index in [2.05, 4.69) is 15.0 Å². The van der Waals surface area contributed by atoms with Crippen molar-refractivity contribution in [2.45, 2.75) is 55.6 Å². The molecule has 2 N–H and O–H groups in total. The van der Waals surface area contributed by atoms with Crippen LogP contribution in [0, 0.1) is 11.6 Å². The van der Waals surface area contributed by atoms with Crippen molar-refractivity contribution in [3.63, 3.8) is 0 Å². The van der Waals surface area contributed by atoms with Gasteiger partial charge in [0.1, 0.15) is 41.7 Å². The van der Waals surface area contributed by atoms with Crippen LogP contribution in [0.5, 0.6) is 0 Å². The van der Waals surface area contributed by atoms with Crippen molar-refractivity contribution in [1.82, 2.24) is 19.1 Å². The van der Waals surface area contributed by atoms with Gasteiger partial charge in [-0.05, 0) is 0 Å². The Morgan fingerprint density at radius 3 is 2.30 bits per heavy atom. The first-order chi connectivity index (χ1) is 21.7. The lowest BCUT2D eigenvalue weighted by Crippen LogP contribution is -2.38. The number of halogens is 3. The summed E-state index contributed by atoms with van der Waals surface area (Å²) < 4.78 is 106. The summed E-state index contributed by atoms with van der Waals surface area (Å²) in [5.74, 6) is -2.71. The normalized spacial score (nSPS) is 38.2. The summed E-state index contributed by atoms with van der Waals surface area (Å²) in [5.41, 5.74) is -1.47. The van der Waals surface area contributed by atoms with Crippen molar-refractivity contribution in [1.29, 1.82) is 0 Å². The Labute approximate surface area is 258 Å². The summed E-state index contributed by atoms with van der Waals surface area (Å²) in [5, 5.41) is 10.7. The molecule has 3 saturated heterocycles. The van der Waals surface area contributed by atoms with Crippen LogP contribution in [0.4, 0.5) is 19.0 Å². The maximum atomic E-state index is 15.9. The van der Waals surface area contributed by atoms with Gasteiger partial charge in [-0.2, -0.15) is 0 Å². The Bertz CT molecular complexity index is 1930. The van der Waals surface area contributed by atoms with Crippen molar-refractivity contribution in [3.8, 4) is 0 Å². The number of aromatic nitrogens is 4. The van der Waals surface area contributed by atoms with Crippen LogP contribution >= 0.6 is 14.9 Å². The number of rotatable bonds is 2. The molecule has 3 aromatic rings. The summed E-state index contributed by atoms with van der Waals surface area (Å²) in [6.07, 6.45) is -10.2. The second kappa shape index (κ2) is 11.4. The van der Waals surface area contributed by atoms with Gasteiger partial charge in [0.15, 0.2) is 41.7 Å². The van der Waals surface area contributed by atoms with Gasteiger partial charge >= 0.3 is 0 Å². The lowest BCUT2D eigenvalue weighted by Gasteiger charge is -2.30. The van der Waals surface area contributed by atoms with Gasteiger partial charge in [0.05, 0.1) is 25.1 Å². The smallest absolute Gasteiger partial charge is 0.264 e. The maximum Gasteiger partial charge on any atom is 0.264 e. The maximum absolute atomic E-state index is 15.9. The topological polar surface area (TPSA) is 195 Å². The minimum Gasteiger partial charge on any atom is -0.386 e. The molecule has 4 unspecified atom stereocenters. The molecule has 10 atom stereocenters. The Kier molecular flexibility index (Phi) is 7.85. The molecule has 23 heteroatoms. The van der Waals surface area contributed by atoms with E-state index >= 15 is 4.39 Å². The first kappa shape index (κ1) is 31.7. The summed E-state index contributed by atoms with van der Waals surface area (Å²) in [6.45, 7) is -1.63. The highest BCUT2D eigenvalue weighted by Crippen LogP contribution is 2.54. The van der Waals surface area contributed by atoms with Crippen LogP contribution in [0.15, 0.2) is 28.5 Å². The standard InChI is InChI=1S/C23H20B2F3N5O11P2/c24-45(37)40-6-12-18(16(35)23(42-12)33-3-8(26)13-10(34)1-2-29-19(13)33)44-46(25,38)39-5-11-17(43-45)15(28)22(41-11)32-4-9(27)14-20(32)30-7-31-21(14)36/h2-4,7,11-12,15-18,22-23,35H,1,5-6H2,(H,30,31,36)/t11-,12-,15?,16+,17+,18?,22-,23-,45?,46?/m1/s1. The number of aromatic amines is 1. The molecule has 0 amide bonds. The van der Waals surface area contributed by atoms with Crippen molar-refractivity contribution in [2.75, 3.05) is 13.2 Å². The number of ether oxygens (including phenoxy) is 2. The fourth-order valence-electron chi connectivity index (χ4n) is 5.77. The molecule has 4 aliphatic rings. The fraction of sp³-hybridized carbons (Fsp3) is 0.478. The average molecular weight is 683 g/mol. The Hall–Kier alpha value is -2.86. The molecule has 0 spiro atoms. The highest BCUT2D eigenvalue weighted by molar-refractivity contribution is 7.79. The van der Waals surface area contributed by atoms with E-state index in [1.54, 1.807) is 0 Å². The van der Waals surface area contributed by atoms with Crippen molar-refractivity contribution < 1.29 is 59.8 Å². The monoisotopic (exact) mass is 683 g/mol. The number of carbonyl (C=O) groups is 1. The van der Waals surface area contributed by atoms with E-state index in [0.717, 1.165) is 27.9 Å². The molecule has 0 aromatic carbocycles. The molecule has 7 rings (SSSR count).